The molecule has 0 aliphatic carbocycles. The van der Waals surface area contributed by atoms with Crippen LogP contribution in [0.15, 0.2) is 36.5 Å². The lowest BCUT2D eigenvalue weighted by Gasteiger charge is -2.28. The fourth-order valence-corrected chi connectivity index (χ4v) is 1.66. The largest absolute Gasteiger partial charge is 0.481 e. The maximum Gasteiger partial charge on any atom is 0.331 e. The minimum atomic E-state index is -0.975. The van der Waals surface area contributed by atoms with Crippen molar-refractivity contribution in [3.63, 3.8) is 0 Å². The van der Waals surface area contributed by atoms with Crippen LogP contribution in [0.4, 0.5) is 0 Å². The molecular weight excluding hydrogens is 270 g/mol. The van der Waals surface area contributed by atoms with Gasteiger partial charge >= 0.3 is 11.9 Å². The predicted octanol–water partition coefficient (Wildman–Crippen LogP) is 2.16. The maximum absolute atomic E-state index is 11.7. The first-order valence-electron chi connectivity index (χ1n) is 6.92. The summed E-state index contributed by atoms with van der Waals surface area (Å²) in [5.74, 6) is -1.50. The van der Waals surface area contributed by atoms with Crippen LogP contribution in [0.5, 0.6) is 0 Å². The van der Waals surface area contributed by atoms with Gasteiger partial charge in [0.05, 0.1) is 27.6 Å². The second-order valence-electron chi connectivity index (χ2n) is 5.72. The number of carbonyl (C=O) groups is 2. The normalized spacial score (nSPS) is 14.1. The molecular formula is C16H26NO4+. The first-order chi connectivity index (χ1) is 9.74. The van der Waals surface area contributed by atoms with Crippen LogP contribution < -0.4 is 0 Å². The SMILES string of the molecule is C/C=C/C/C=C/C=C/C(=O)OC(CC(=O)O)C[N+](C)(C)C. The molecule has 0 spiro atoms. The van der Waals surface area contributed by atoms with E-state index in [2.05, 4.69) is 0 Å². The summed E-state index contributed by atoms with van der Waals surface area (Å²) in [5, 5.41) is 8.86. The van der Waals surface area contributed by atoms with E-state index >= 15 is 0 Å². The van der Waals surface area contributed by atoms with Gasteiger partial charge in [-0.25, -0.2) is 4.79 Å². The van der Waals surface area contributed by atoms with Crippen molar-refractivity contribution in [2.24, 2.45) is 0 Å². The van der Waals surface area contributed by atoms with Crippen LogP contribution in [-0.4, -0.2) is 55.3 Å². The summed E-state index contributed by atoms with van der Waals surface area (Å²) >= 11 is 0. The van der Waals surface area contributed by atoms with Crippen molar-refractivity contribution < 1.29 is 23.9 Å². The van der Waals surface area contributed by atoms with Gasteiger partial charge in [0, 0.05) is 6.08 Å². The molecule has 0 rings (SSSR count). The molecule has 0 bridgehead atoms. The molecule has 1 unspecified atom stereocenters. The molecule has 0 aromatic carbocycles. The number of rotatable bonds is 9. The Labute approximate surface area is 126 Å². The van der Waals surface area contributed by atoms with Gasteiger partial charge in [0.2, 0.25) is 0 Å². The molecule has 0 aromatic heterocycles. The molecule has 0 amide bonds. The van der Waals surface area contributed by atoms with Crippen molar-refractivity contribution >= 4 is 11.9 Å². The topological polar surface area (TPSA) is 63.6 Å². The zero-order valence-electron chi connectivity index (χ0n) is 13.3. The lowest BCUT2D eigenvalue weighted by Crippen LogP contribution is -2.43. The van der Waals surface area contributed by atoms with Crippen molar-refractivity contribution in [2.45, 2.75) is 25.9 Å². The number of ether oxygens (including phenoxy) is 1. The number of allylic oxidation sites excluding steroid dienone is 5. The lowest BCUT2D eigenvalue weighted by atomic mass is 10.2. The van der Waals surface area contributed by atoms with Gasteiger partial charge in [-0.3, -0.25) is 4.79 Å². The summed E-state index contributed by atoms with van der Waals surface area (Å²) in [7, 11) is 5.76. The van der Waals surface area contributed by atoms with E-state index in [1.807, 2.05) is 46.3 Å². The molecule has 118 valence electrons. The predicted molar refractivity (Wildman–Crippen MR) is 82.7 cm³/mol. The zero-order chi connectivity index (χ0) is 16.3. The monoisotopic (exact) mass is 296 g/mol. The summed E-state index contributed by atoms with van der Waals surface area (Å²) < 4.78 is 5.72. The quantitative estimate of drug-likeness (QED) is 0.233. The Balaban J connectivity index is 4.42. The van der Waals surface area contributed by atoms with E-state index in [0.717, 1.165) is 6.42 Å². The fourth-order valence-electron chi connectivity index (χ4n) is 1.66. The van der Waals surface area contributed by atoms with Gasteiger partial charge in [-0.05, 0) is 13.3 Å². The van der Waals surface area contributed by atoms with Crippen molar-refractivity contribution in [1.82, 2.24) is 0 Å². The van der Waals surface area contributed by atoms with Gasteiger partial charge < -0.3 is 14.3 Å². The number of nitrogens with zero attached hydrogens (tertiary/aromatic N) is 1. The minimum Gasteiger partial charge on any atom is -0.481 e. The molecule has 5 nitrogen and oxygen atoms in total. The summed E-state index contributed by atoms with van der Waals surface area (Å²) in [6, 6.07) is 0. The first-order valence-corrected chi connectivity index (χ1v) is 6.92. The molecule has 5 heteroatoms. The molecule has 0 saturated carbocycles. The van der Waals surface area contributed by atoms with Gasteiger partial charge in [0.15, 0.2) is 6.10 Å². The number of hydrogen-bond donors (Lipinski definition) is 1. The third-order valence-electron chi connectivity index (χ3n) is 2.42. The van der Waals surface area contributed by atoms with Crippen LogP contribution >= 0.6 is 0 Å². The molecule has 0 fully saturated rings. The Morgan fingerprint density at radius 3 is 2.38 bits per heavy atom. The lowest BCUT2D eigenvalue weighted by molar-refractivity contribution is -0.873. The van der Waals surface area contributed by atoms with E-state index in [4.69, 9.17) is 9.84 Å². The van der Waals surface area contributed by atoms with E-state index in [1.54, 1.807) is 12.2 Å². The Bertz CT molecular complexity index is 416. The van der Waals surface area contributed by atoms with E-state index < -0.39 is 18.0 Å². The van der Waals surface area contributed by atoms with Crippen molar-refractivity contribution in [3.8, 4) is 0 Å². The highest BCUT2D eigenvalue weighted by atomic mass is 16.5. The molecule has 0 aliphatic rings. The molecule has 0 saturated heterocycles. The summed E-state index contributed by atoms with van der Waals surface area (Å²) in [6.45, 7) is 2.39. The number of quaternary nitrogens is 1. The standard InChI is InChI=1S/C16H25NO4/c1-5-6-7-8-9-10-11-16(20)21-14(12-15(18)19)13-17(2,3)4/h5-6,8-11,14H,7,12-13H2,1-4H3/p+1/b6-5+,9-8+,11-10+. The van der Waals surface area contributed by atoms with E-state index in [9.17, 15) is 9.59 Å². The Hall–Kier alpha value is -1.88. The second-order valence-corrected chi connectivity index (χ2v) is 5.72. The van der Waals surface area contributed by atoms with Gasteiger partial charge in [-0.1, -0.05) is 30.4 Å². The summed E-state index contributed by atoms with van der Waals surface area (Å²) in [5.41, 5.74) is 0. The van der Waals surface area contributed by atoms with Crippen LogP contribution in [0, 0.1) is 0 Å². The highest BCUT2D eigenvalue weighted by molar-refractivity contribution is 5.82. The highest BCUT2D eigenvalue weighted by Crippen LogP contribution is 2.05. The molecule has 0 radical (unpaired) electrons. The van der Waals surface area contributed by atoms with Crippen molar-refractivity contribution in [3.05, 3.63) is 36.5 Å². The number of carboxylic acid groups (broad SMARTS) is 1. The Kier molecular flexibility index (Phi) is 9.05. The molecule has 1 atom stereocenters. The third-order valence-corrected chi connectivity index (χ3v) is 2.42. The van der Waals surface area contributed by atoms with E-state index in [0.29, 0.717) is 11.0 Å². The highest BCUT2D eigenvalue weighted by Gasteiger charge is 2.23. The first kappa shape index (κ1) is 19.1. The van der Waals surface area contributed by atoms with E-state index in [-0.39, 0.29) is 6.42 Å². The second kappa shape index (κ2) is 9.94. The van der Waals surface area contributed by atoms with Gasteiger partial charge in [0.25, 0.3) is 0 Å². The van der Waals surface area contributed by atoms with Crippen molar-refractivity contribution in [1.29, 1.82) is 0 Å². The number of carbonyl (C=O) groups excluding carboxylic acids is 1. The van der Waals surface area contributed by atoms with Crippen molar-refractivity contribution in [2.75, 3.05) is 27.7 Å². The van der Waals surface area contributed by atoms with Gasteiger partial charge in [-0.2, -0.15) is 0 Å². The molecule has 21 heavy (non-hydrogen) atoms. The van der Waals surface area contributed by atoms with Crippen LogP contribution in [0.2, 0.25) is 0 Å². The fraction of sp³-hybridized carbons (Fsp3) is 0.500. The molecule has 0 aromatic rings. The number of hydrogen-bond acceptors (Lipinski definition) is 3. The molecule has 0 heterocycles. The van der Waals surface area contributed by atoms with Crippen LogP contribution in [0.3, 0.4) is 0 Å². The smallest absolute Gasteiger partial charge is 0.331 e. The van der Waals surface area contributed by atoms with Gasteiger partial charge in [-0.15, -0.1) is 0 Å². The minimum absolute atomic E-state index is 0.188. The van der Waals surface area contributed by atoms with Crippen LogP contribution in [-0.2, 0) is 14.3 Å². The Morgan fingerprint density at radius 2 is 1.86 bits per heavy atom. The number of aliphatic carboxylic acids is 1. The maximum atomic E-state index is 11.7. The van der Waals surface area contributed by atoms with Crippen LogP contribution in [0.25, 0.3) is 0 Å². The summed E-state index contributed by atoms with van der Waals surface area (Å²) in [4.78, 5) is 22.5. The Morgan fingerprint density at radius 1 is 1.19 bits per heavy atom. The van der Waals surface area contributed by atoms with Crippen LogP contribution in [0.1, 0.15) is 19.8 Å². The zero-order valence-corrected chi connectivity index (χ0v) is 13.3. The van der Waals surface area contributed by atoms with Gasteiger partial charge in [0.1, 0.15) is 6.54 Å². The molecule has 1 N–H and O–H groups in total. The molecule has 0 aliphatic heterocycles. The number of esters is 1. The average Bonchev–Trinajstić information content (AvgIpc) is 2.30. The number of likely N-dealkylation sites (N-methyl/N-ethyl adjacent to an activating group) is 1. The van der Waals surface area contributed by atoms with E-state index in [1.165, 1.54) is 6.08 Å². The number of carboxylic acids is 1. The average molecular weight is 296 g/mol. The third kappa shape index (κ3) is 12.9. The summed E-state index contributed by atoms with van der Waals surface area (Å²) in [6.07, 6.45) is 10.5.